The van der Waals surface area contributed by atoms with Crippen molar-refractivity contribution in [1.82, 2.24) is 20.4 Å². The Morgan fingerprint density at radius 1 is 1.17 bits per heavy atom. The summed E-state index contributed by atoms with van der Waals surface area (Å²) in [5.74, 6) is 0.0101. The summed E-state index contributed by atoms with van der Waals surface area (Å²) >= 11 is 0. The van der Waals surface area contributed by atoms with Gasteiger partial charge in [0.05, 0.1) is 6.54 Å². The lowest BCUT2D eigenvalue weighted by atomic mass is 10.1. The van der Waals surface area contributed by atoms with Gasteiger partial charge in [-0.1, -0.05) is 35.5 Å². The zero-order valence-electron chi connectivity index (χ0n) is 15.5. The van der Waals surface area contributed by atoms with Crippen LogP contribution in [0.15, 0.2) is 59.1 Å². The first kappa shape index (κ1) is 18.8. The average molecular weight is 394 g/mol. The number of carbonyl (C=O) groups is 2. The molecule has 1 saturated heterocycles. The maximum absolute atomic E-state index is 13.0. The topological polar surface area (TPSA) is 88.3 Å². The molecule has 1 N–H and O–H groups in total. The molecule has 2 aromatic carbocycles. The van der Waals surface area contributed by atoms with E-state index in [9.17, 15) is 14.0 Å². The molecule has 1 atom stereocenters. The van der Waals surface area contributed by atoms with E-state index in [-0.39, 0.29) is 42.4 Å². The molecule has 7 nitrogen and oxygen atoms in total. The van der Waals surface area contributed by atoms with E-state index in [2.05, 4.69) is 15.5 Å². The molecule has 0 radical (unpaired) electrons. The van der Waals surface area contributed by atoms with Crippen molar-refractivity contribution in [2.75, 3.05) is 6.54 Å². The predicted octanol–water partition coefficient (Wildman–Crippen LogP) is 2.65. The van der Waals surface area contributed by atoms with Gasteiger partial charge in [0.2, 0.25) is 11.8 Å². The van der Waals surface area contributed by atoms with Crippen LogP contribution in [0.3, 0.4) is 0 Å². The number of benzene rings is 2. The third kappa shape index (κ3) is 4.48. The maximum atomic E-state index is 13.0. The van der Waals surface area contributed by atoms with Gasteiger partial charge in [-0.3, -0.25) is 9.59 Å². The number of hydrogen-bond acceptors (Lipinski definition) is 5. The molecule has 1 aliphatic rings. The van der Waals surface area contributed by atoms with Crippen LogP contribution in [0.5, 0.6) is 0 Å². The summed E-state index contributed by atoms with van der Waals surface area (Å²) in [6.07, 6.45) is 0.288. The Morgan fingerprint density at radius 2 is 1.93 bits per heavy atom. The van der Waals surface area contributed by atoms with Crippen LogP contribution >= 0.6 is 0 Å². The van der Waals surface area contributed by atoms with Crippen molar-refractivity contribution in [3.8, 4) is 0 Å². The third-order valence-corrected chi connectivity index (χ3v) is 4.79. The van der Waals surface area contributed by atoms with Gasteiger partial charge < -0.3 is 14.7 Å². The largest absolute Gasteiger partial charge is 0.343 e. The van der Waals surface area contributed by atoms with E-state index in [0.717, 1.165) is 5.56 Å². The molecule has 0 spiro atoms. The number of rotatable bonds is 6. The van der Waals surface area contributed by atoms with Gasteiger partial charge in [-0.2, -0.15) is 4.98 Å². The molecule has 29 heavy (non-hydrogen) atoms. The van der Waals surface area contributed by atoms with Gasteiger partial charge in [0, 0.05) is 31.0 Å². The summed E-state index contributed by atoms with van der Waals surface area (Å²) in [5, 5.41) is 6.70. The normalized spacial score (nSPS) is 16.2. The first-order chi connectivity index (χ1) is 14.1. The van der Waals surface area contributed by atoms with Crippen LogP contribution in [0.25, 0.3) is 0 Å². The first-order valence-electron chi connectivity index (χ1n) is 9.26. The van der Waals surface area contributed by atoms with E-state index in [1.165, 1.54) is 12.1 Å². The van der Waals surface area contributed by atoms with Crippen molar-refractivity contribution >= 4 is 11.8 Å². The van der Waals surface area contributed by atoms with Crippen LogP contribution in [-0.2, 0) is 17.9 Å². The molecule has 1 aromatic heterocycles. The Labute approximate surface area is 166 Å². The molecule has 2 heterocycles. The number of likely N-dealkylation sites (tertiary alicyclic amines) is 1. The Hall–Kier alpha value is -3.55. The minimum Gasteiger partial charge on any atom is -0.343 e. The molecular weight excluding hydrogens is 375 g/mol. The fraction of sp³-hybridized carbons (Fsp3) is 0.238. The fourth-order valence-electron chi connectivity index (χ4n) is 3.26. The Balaban J connectivity index is 1.34. The van der Waals surface area contributed by atoms with Crippen molar-refractivity contribution in [2.45, 2.75) is 25.4 Å². The number of carbonyl (C=O) groups excluding carboxylic acids is 2. The minimum absolute atomic E-state index is 0.0111. The number of halogens is 1. The number of hydrogen-bond donors (Lipinski definition) is 1. The van der Waals surface area contributed by atoms with E-state index < -0.39 is 0 Å². The van der Waals surface area contributed by atoms with Crippen LogP contribution in [0, 0.1) is 5.82 Å². The van der Waals surface area contributed by atoms with Gasteiger partial charge in [0.25, 0.3) is 5.91 Å². The predicted molar refractivity (Wildman–Crippen MR) is 101 cm³/mol. The Morgan fingerprint density at radius 3 is 2.69 bits per heavy atom. The zero-order chi connectivity index (χ0) is 20.2. The molecule has 2 amide bonds. The molecule has 0 saturated carbocycles. The highest BCUT2D eigenvalue weighted by Gasteiger charge is 2.33. The highest BCUT2D eigenvalue weighted by molar-refractivity contribution is 5.93. The Kier molecular flexibility index (Phi) is 5.33. The zero-order valence-corrected chi connectivity index (χ0v) is 15.5. The smallest absolute Gasteiger partial charge is 0.251 e. The lowest BCUT2D eigenvalue weighted by Crippen LogP contribution is -2.24. The summed E-state index contributed by atoms with van der Waals surface area (Å²) in [6.45, 7) is 0.986. The summed E-state index contributed by atoms with van der Waals surface area (Å²) in [5.41, 5.74) is 1.41. The second kappa shape index (κ2) is 8.22. The monoisotopic (exact) mass is 394 g/mol. The summed E-state index contributed by atoms with van der Waals surface area (Å²) in [6, 6.07) is 14.9. The second-order valence-corrected chi connectivity index (χ2v) is 6.90. The second-order valence-electron chi connectivity index (χ2n) is 6.90. The van der Waals surface area contributed by atoms with Crippen molar-refractivity contribution < 1.29 is 18.5 Å². The molecular formula is C21H19FN4O3. The van der Waals surface area contributed by atoms with Gasteiger partial charge in [0.15, 0.2) is 5.82 Å². The van der Waals surface area contributed by atoms with Crippen LogP contribution in [-0.4, -0.2) is 33.4 Å². The summed E-state index contributed by atoms with van der Waals surface area (Å²) in [7, 11) is 0. The highest BCUT2D eigenvalue weighted by atomic mass is 19.1. The average Bonchev–Trinajstić information content (AvgIpc) is 3.35. The van der Waals surface area contributed by atoms with Crippen LogP contribution in [0.1, 0.15) is 40.0 Å². The van der Waals surface area contributed by atoms with E-state index in [4.69, 9.17) is 4.52 Å². The van der Waals surface area contributed by atoms with Crippen LogP contribution in [0.4, 0.5) is 4.39 Å². The molecule has 8 heteroatoms. The summed E-state index contributed by atoms with van der Waals surface area (Å²) < 4.78 is 18.3. The molecule has 1 aliphatic heterocycles. The standard InChI is InChI=1S/C21H19FN4O3/c22-17-8-6-14(7-9-17)12-26-13-16(10-19(26)27)20-24-18(29-25-20)11-23-21(28)15-4-2-1-3-5-15/h1-9,16H,10-13H2,(H,23,28)/t16-/m0/s1. The third-order valence-electron chi connectivity index (χ3n) is 4.79. The lowest BCUT2D eigenvalue weighted by molar-refractivity contribution is -0.128. The van der Waals surface area contributed by atoms with Crippen molar-refractivity contribution in [3.63, 3.8) is 0 Å². The first-order valence-corrected chi connectivity index (χ1v) is 9.26. The SMILES string of the molecule is O=C(NCc1nc([C@H]2CC(=O)N(Cc3ccc(F)cc3)C2)no1)c1ccccc1. The molecule has 148 valence electrons. The maximum Gasteiger partial charge on any atom is 0.251 e. The number of nitrogens with zero attached hydrogens (tertiary/aromatic N) is 3. The van der Waals surface area contributed by atoms with Gasteiger partial charge in [-0.05, 0) is 29.8 Å². The quantitative estimate of drug-likeness (QED) is 0.694. The van der Waals surface area contributed by atoms with Crippen molar-refractivity contribution in [2.24, 2.45) is 0 Å². The number of aromatic nitrogens is 2. The van der Waals surface area contributed by atoms with Gasteiger partial charge in [-0.15, -0.1) is 0 Å². The Bertz CT molecular complexity index is 1000. The van der Waals surface area contributed by atoms with E-state index in [1.807, 2.05) is 6.07 Å². The van der Waals surface area contributed by atoms with Crippen molar-refractivity contribution in [3.05, 3.63) is 83.3 Å². The van der Waals surface area contributed by atoms with E-state index in [1.54, 1.807) is 41.3 Å². The number of nitrogens with one attached hydrogen (secondary N) is 1. The molecule has 0 aliphatic carbocycles. The van der Waals surface area contributed by atoms with Crippen molar-refractivity contribution in [1.29, 1.82) is 0 Å². The van der Waals surface area contributed by atoms with Crippen LogP contribution < -0.4 is 5.32 Å². The van der Waals surface area contributed by atoms with Crippen LogP contribution in [0.2, 0.25) is 0 Å². The molecule has 4 rings (SSSR count). The van der Waals surface area contributed by atoms with E-state index in [0.29, 0.717) is 24.5 Å². The molecule has 0 bridgehead atoms. The molecule has 0 unspecified atom stereocenters. The van der Waals surface area contributed by atoms with Gasteiger partial charge >= 0.3 is 0 Å². The summed E-state index contributed by atoms with van der Waals surface area (Å²) in [4.78, 5) is 30.4. The minimum atomic E-state index is -0.307. The van der Waals surface area contributed by atoms with E-state index >= 15 is 0 Å². The number of amides is 2. The van der Waals surface area contributed by atoms with Gasteiger partial charge in [-0.25, -0.2) is 4.39 Å². The molecule has 1 fully saturated rings. The van der Waals surface area contributed by atoms with Gasteiger partial charge in [0.1, 0.15) is 5.82 Å². The highest BCUT2D eigenvalue weighted by Crippen LogP contribution is 2.27. The lowest BCUT2D eigenvalue weighted by Gasteiger charge is -2.16. The fourth-order valence-corrected chi connectivity index (χ4v) is 3.26. The molecule has 3 aromatic rings.